The monoisotopic (exact) mass is 607 g/mol. The number of pyridine rings is 1. The first-order valence-corrected chi connectivity index (χ1v) is 15.5. The molecule has 0 spiro atoms. The normalized spacial score (nSPS) is 15.0. The van der Waals surface area contributed by atoms with E-state index in [0.29, 0.717) is 5.02 Å². The number of thioether (sulfide) groups is 1. The molecule has 4 nitrogen and oxygen atoms in total. The first kappa shape index (κ1) is 32.8. The molecule has 1 atom stereocenters. The molecule has 0 bridgehead atoms. The fourth-order valence-electron chi connectivity index (χ4n) is 5.20. The minimum absolute atomic E-state index is 0. The van der Waals surface area contributed by atoms with Crippen molar-refractivity contribution in [1.29, 1.82) is 0 Å². The van der Waals surface area contributed by atoms with Crippen LogP contribution in [0.2, 0.25) is 5.02 Å². The van der Waals surface area contributed by atoms with Crippen LogP contribution in [0.25, 0.3) is 23.1 Å². The number of nitrogens with zero attached hydrogens (tertiary/aromatic N) is 1. The summed E-state index contributed by atoms with van der Waals surface area (Å²) < 4.78 is 0. The molecule has 3 aromatic carbocycles. The van der Waals surface area contributed by atoms with Crippen LogP contribution in [0.15, 0.2) is 78.9 Å². The molecule has 0 amide bonds. The largest absolute Gasteiger partial charge is 1.00 e. The summed E-state index contributed by atoms with van der Waals surface area (Å²) in [5, 5.41) is 23.8. The van der Waals surface area contributed by atoms with Gasteiger partial charge in [-0.25, -0.2) is 4.98 Å². The summed E-state index contributed by atoms with van der Waals surface area (Å²) in [6.07, 6.45) is 7.89. The number of hydrogen-bond acceptors (Lipinski definition) is 5. The summed E-state index contributed by atoms with van der Waals surface area (Å²) in [5.74, 6) is -0.170. The molecule has 1 fully saturated rings. The van der Waals surface area contributed by atoms with Gasteiger partial charge in [0.05, 0.1) is 16.8 Å². The van der Waals surface area contributed by atoms with Gasteiger partial charge in [-0.3, -0.25) is 0 Å². The van der Waals surface area contributed by atoms with Gasteiger partial charge in [-0.2, -0.15) is 11.8 Å². The molecule has 0 aliphatic heterocycles. The summed E-state index contributed by atoms with van der Waals surface area (Å²) in [7, 11) is 0. The molecule has 1 aliphatic carbocycles. The summed E-state index contributed by atoms with van der Waals surface area (Å²) >= 11 is 8.04. The minimum Gasteiger partial charge on any atom is -0.550 e. The van der Waals surface area contributed by atoms with E-state index in [0.717, 1.165) is 59.2 Å². The average Bonchev–Trinajstić information content (AvgIpc) is 3.70. The molecule has 4 aromatic rings. The van der Waals surface area contributed by atoms with Gasteiger partial charge in [-0.15, -0.1) is 0 Å². The number of aliphatic carboxylic acids is 1. The van der Waals surface area contributed by atoms with Gasteiger partial charge in [0.25, 0.3) is 0 Å². The Morgan fingerprint density at radius 3 is 2.57 bits per heavy atom. The van der Waals surface area contributed by atoms with Crippen molar-refractivity contribution in [3.63, 3.8) is 0 Å². The molecule has 1 heterocycles. The van der Waals surface area contributed by atoms with Crippen LogP contribution >= 0.6 is 23.4 Å². The van der Waals surface area contributed by atoms with Crippen molar-refractivity contribution in [2.24, 2.45) is 5.41 Å². The maximum absolute atomic E-state index is 11.4. The molecular weight excluding hydrogens is 573 g/mol. The number of rotatable bonds is 12. The number of carboxylic acid groups (broad SMARTS) is 1. The Morgan fingerprint density at radius 2 is 1.83 bits per heavy atom. The zero-order valence-electron chi connectivity index (χ0n) is 24.5. The smallest absolute Gasteiger partial charge is 0.550 e. The van der Waals surface area contributed by atoms with Gasteiger partial charge in [-0.05, 0) is 104 Å². The van der Waals surface area contributed by atoms with E-state index in [1.165, 1.54) is 11.1 Å². The van der Waals surface area contributed by atoms with Crippen molar-refractivity contribution >= 4 is 52.4 Å². The molecule has 0 radical (unpaired) electrons. The van der Waals surface area contributed by atoms with Crippen molar-refractivity contribution in [2.45, 2.75) is 56.8 Å². The molecule has 7 heteroatoms. The molecule has 1 N–H and O–H groups in total. The van der Waals surface area contributed by atoms with E-state index in [9.17, 15) is 15.0 Å². The van der Waals surface area contributed by atoms with Gasteiger partial charge in [0.2, 0.25) is 0 Å². The van der Waals surface area contributed by atoms with Crippen molar-refractivity contribution in [3.8, 4) is 0 Å². The minimum atomic E-state index is -0.962. The summed E-state index contributed by atoms with van der Waals surface area (Å²) in [6, 6.07) is 26.4. The topological polar surface area (TPSA) is 73.2 Å². The van der Waals surface area contributed by atoms with E-state index in [1.807, 2.05) is 60.3 Å². The number of carboxylic acids is 1. The average molecular weight is 608 g/mol. The Morgan fingerprint density at radius 1 is 1.07 bits per heavy atom. The van der Waals surface area contributed by atoms with Crippen LogP contribution < -0.4 is 34.7 Å². The van der Waals surface area contributed by atoms with Gasteiger partial charge in [0.1, 0.15) is 0 Å². The summed E-state index contributed by atoms with van der Waals surface area (Å²) in [4.78, 5) is 16.2. The zero-order chi connectivity index (χ0) is 29.0. The van der Waals surface area contributed by atoms with Crippen LogP contribution in [0.5, 0.6) is 0 Å². The molecule has 1 aliphatic rings. The fraction of sp³-hybridized carbons (Fsp3) is 0.314. The van der Waals surface area contributed by atoms with Crippen LogP contribution in [0.4, 0.5) is 0 Å². The first-order chi connectivity index (χ1) is 19.6. The van der Waals surface area contributed by atoms with E-state index in [-0.39, 0.29) is 46.6 Å². The molecule has 1 saturated carbocycles. The van der Waals surface area contributed by atoms with Crippen molar-refractivity contribution < 1.29 is 44.6 Å². The van der Waals surface area contributed by atoms with Gasteiger partial charge >= 0.3 is 29.6 Å². The van der Waals surface area contributed by atoms with Crippen molar-refractivity contribution in [2.75, 3.05) is 5.75 Å². The van der Waals surface area contributed by atoms with Crippen LogP contribution in [-0.2, 0) is 16.8 Å². The van der Waals surface area contributed by atoms with Crippen LogP contribution in [0.3, 0.4) is 0 Å². The van der Waals surface area contributed by atoms with E-state index in [2.05, 4.69) is 42.5 Å². The number of fused-ring (bicyclic) bond motifs is 1. The predicted molar refractivity (Wildman–Crippen MR) is 169 cm³/mol. The number of hydrogen-bond donors (Lipinski definition) is 1. The van der Waals surface area contributed by atoms with E-state index >= 15 is 0 Å². The Kier molecular flexibility index (Phi) is 11.0. The SMILES string of the molecule is CC(C)(O)c1cccc(CCC(SCC2(CC(=O)[O-])CC2)c2ccccc2/C=C/c2ccc3ccc(Cl)cc3n2)c1.[Na+]. The number of aryl methyl sites for hydroxylation is 1. The van der Waals surface area contributed by atoms with Crippen molar-refractivity contribution in [1.82, 2.24) is 4.98 Å². The Hall–Kier alpha value is -2.12. The van der Waals surface area contributed by atoms with Gasteiger partial charge in [0.15, 0.2) is 0 Å². The number of aliphatic hydroxyl groups is 1. The van der Waals surface area contributed by atoms with Gasteiger partial charge in [0, 0.05) is 21.6 Å². The quantitative estimate of drug-likeness (QED) is 0.238. The van der Waals surface area contributed by atoms with E-state index in [4.69, 9.17) is 16.6 Å². The van der Waals surface area contributed by atoms with E-state index < -0.39 is 11.6 Å². The third-order valence-corrected chi connectivity index (χ3v) is 9.75. The molecule has 5 rings (SSSR count). The van der Waals surface area contributed by atoms with E-state index in [1.54, 1.807) is 13.8 Å². The molecule has 42 heavy (non-hydrogen) atoms. The van der Waals surface area contributed by atoms with Crippen LogP contribution in [-0.4, -0.2) is 21.8 Å². The Balaban J connectivity index is 0.00000405. The first-order valence-electron chi connectivity index (χ1n) is 14.1. The van der Waals surface area contributed by atoms with Gasteiger partial charge < -0.3 is 15.0 Å². The summed E-state index contributed by atoms with van der Waals surface area (Å²) in [6.45, 7) is 3.61. The fourth-order valence-corrected chi connectivity index (χ4v) is 6.99. The molecule has 212 valence electrons. The molecule has 1 unspecified atom stereocenters. The number of benzene rings is 3. The van der Waals surface area contributed by atoms with Gasteiger partial charge in [-0.1, -0.05) is 78.3 Å². The zero-order valence-corrected chi connectivity index (χ0v) is 28.0. The third-order valence-electron chi connectivity index (χ3n) is 7.85. The standard InChI is InChI=1S/C35H36ClNO3S.Na/c1-34(2,40)27-8-5-6-24(20-27)10-17-32(41-23-35(18-19-35)22-33(38)39)30-9-4-3-7-25(30)12-15-29-16-13-26-11-14-28(36)21-31(26)37-29;/h3-9,11-16,20-21,32,40H,10,17-19,22-23H2,1-2H3,(H,38,39);/q;+1/p-1/b15-12+;. The van der Waals surface area contributed by atoms with Crippen LogP contribution in [0.1, 0.15) is 72.7 Å². The number of halogens is 1. The molecule has 1 aromatic heterocycles. The molecule has 0 saturated heterocycles. The summed E-state index contributed by atoms with van der Waals surface area (Å²) in [5.41, 5.74) is 5.09. The number of carbonyl (C=O) groups excluding carboxylic acids is 1. The Bertz CT molecular complexity index is 1580. The number of aromatic nitrogens is 1. The second-order valence-corrected chi connectivity index (χ2v) is 13.3. The second-order valence-electron chi connectivity index (χ2n) is 11.7. The second kappa shape index (κ2) is 14.1. The number of carbonyl (C=O) groups is 1. The van der Waals surface area contributed by atoms with Crippen molar-refractivity contribution in [3.05, 3.63) is 112 Å². The predicted octanol–water partition coefficient (Wildman–Crippen LogP) is 4.62. The van der Waals surface area contributed by atoms with Crippen LogP contribution in [0, 0.1) is 5.41 Å². The Labute approximate surface area is 279 Å². The third kappa shape index (κ3) is 8.72. The maximum Gasteiger partial charge on any atom is 1.00 e. The molecular formula is C35H35ClNNaO3S. The maximum atomic E-state index is 11.4.